The second-order valence-electron chi connectivity index (χ2n) is 4.28. The third-order valence-electron chi connectivity index (χ3n) is 2.45. The lowest BCUT2D eigenvalue weighted by Crippen LogP contribution is -2.31. The maximum atomic E-state index is 5.90. The molecule has 0 aliphatic heterocycles. The Morgan fingerprint density at radius 3 is 2.65 bits per heavy atom. The van der Waals surface area contributed by atoms with Crippen molar-refractivity contribution in [3.63, 3.8) is 0 Å². The van der Waals surface area contributed by atoms with Crippen molar-refractivity contribution in [1.82, 2.24) is 9.97 Å². The van der Waals surface area contributed by atoms with Crippen LogP contribution >= 0.6 is 11.6 Å². The highest BCUT2D eigenvalue weighted by Crippen LogP contribution is 2.15. The summed E-state index contributed by atoms with van der Waals surface area (Å²) in [5, 5.41) is 3.79. The van der Waals surface area contributed by atoms with Gasteiger partial charge in [0, 0.05) is 12.7 Å². The standard InChI is InChI=1S/C12H20ClN3O/c1-5-17-7-10(8(2)3)16-12-6-11(13)14-9(4)15-12/h6,8,10H,5,7H2,1-4H3,(H,14,15,16). The molecule has 0 radical (unpaired) electrons. The molecule has 4 nitrogen and oxygen atoms in total. The van der Waals surface area contributed by atoms with Crippen LogP contribution in [0.1, 0.15) is 26.6 Å². The van der Waals surface area contributed by atoms with E-state index in [2.05, 4.69) is 29.1 Å². The van der Waals surface area contributed by atoms with Crippen molar-refractivity contribution in [2.45, 2.75) is 33.7 Å². The lowest BCUT2D eigenvalue weighted by atomic mass is 10.1. The van der Waals surface area contributed by atoms with Crippen molar-refractivity contribution < 1.29 is 4.74 Å². The summed E-state index contributed by atoms with van der Waals surface area (Å²) in [6.45, 7) is 9.48. The van der Waals surface area contributed by atoms with Crippen LogP contribution in [-0.4, -0.2) is 29.2 Å². The minimum atomic E-state index is 0.223. The number of rotatable bonds is 6. The number of nitrogens with one attached hydrogen (secondary N) is 1. The summed E-state index contributed by atoms with van der Waals surface area (Å²) >= 11 is 5.90. The van der Waals surface area contributed by atoms with Gasteiger partial charge < -0.3 is 10.1 Å². The summed E-state index contributed by atoms with van der Waals surface area (Å²) in [7, 11) is 0. The molecule has 0 bridgehead atoms. The van der Waals surface area contributed by atoms with Crippen LogP contribution < -0.4 is 5.32 Å². The maximum Gasteiger partial charge on any atom is 0.134 e. The average Bonchev–Trinajstić information content (AvgIpc) is 2.22. The molecule has 0 aliphatic rings. The van der Waals surface area contributed by atoms with Crippen molar-refractivity contribution >= 4 is 17.4 Å². The first-order valence-corrected chi connectivity index (χ1v) is 6.26. The van der Waals surface area contributed by atoms with Gasteiger partial charge in [-0.3, -0.25) is 0 Å². The molecule has 0 saturated carbocycles. The van der Waals surface area contributed by atoms with Crippen LogP contribution in [0.15, 0.2) is 6.07 Å². The first-order valence-electron chi connectivity index (χ1n) is 5.88. The number of hydrogen-bond donors (Lipinski definition) is 1. The predicted molar refractivity (Wildman–Crippen MR) is 70.5 cm³/mol. The van der Waals surface area contributed by atoms with E-state index in [1.165, 1.54) is 0 Å². The molecule has 0 fully saturated rings. The van der Waals surface area contributed by atoms with E-state index in [0.29, 0.717) is 30.1 Å². The zero-order chi connectivity index (χ0) is 12.8. The zero-order valence-electron chi connectivity index (χ0n) is 10.8. The summed E-state index contributed by atoms with van der Waals surface area (Å²) in [4.78, 5) is 8.33. The smallest absolute Gasteiger partial charge is 0.134 e. The van der Waals surface area contributed by atoms with E-state index in [-0.39, 0.29) is 6.04 Å². The Labute approximate surface area is 108 Å². The van der Waals surface area contributed by atoms with E-state index in [1.807, 2.05) is 13.8 Å². The highest BCUT2D eigenvalue weighted by atomic mass is 35.5. The van der Waals surface area contributed by atoms with Gasteiger partial charge in [0.1, 0.15) is 16.8 Å². The number of halogens is 1. The molecule has 96 valence electrons. The molecule has 1 aromatic rings. The van der Waals surface area contributed by atoms with Crippen molar-refractivity contribution in [2.75, 3.05) is 18.5 Å². The zero-order valence-corrected chi connectivity index (χ0v) is 11.6. The SMILES string of the molecule is CCOCC(Nc1cc(Cl)nc(C)n1)C(C)C. The average molecular weight is 258 g/mol. The number of nitrogens with zero attached hydrogens (tertiary/aromatic N) is 2. The topological polar surface area (TPSA) is 47.0 Å². The van der Waals surface area contributed by atoms with E-state index in [1.54, 1.807) is 6.07 Å². The van der Waals surface area contributed by atoms with Crippen LogP contribution in [0.4, 0.5) is 5.82 Å². The number of aryl methyl sites for hydroxylation is 1. The molecule has 1 atom stereocenters. The Hall–Kier alpha value is -0.870. The number of ether oxygens (including phenoxy) is 1. The quantitative estimate of drug-likeness (QED) is 0.796. The van der Waals surface area contributed by atoms with Crippen LogP contribution in [0, 0.1) is 12.8 Å². The number of anilines is 1. The van der Waals surface area contributed by atoms with Gasteiger partial charge in [0.15, 0.2) is 0 Å². The fraction of sp³-hybridized carbons (Fsp3) is 0.667. The van der Waals surface area contributed by atoms with Crippen LogP contribution in [0.2, 0.25) is 5.15 Å². The molecule has 0 spiro atoms. The lowest BCUT2D eigenvalue weighted by Gasteiger charge is -2.22. The molecule has 1 rings (SSSR count). The van der Waals surface area contributed by atoms with Crippen molar-refractivity contribution in [1.29, 1.82) is 0 Å². The maximum absolute atomic E-state index is 5.90. The second-order valence-corrected chi connectivity index (χ2v) is 4.66. The fourth-order valence-corrected chi connectivity index (χ4v) is 1.67. The van der Waals surface area contributed by atoms with Crippen LogP contribution in [0.5, 0.6) is 0 Å². The minimum absolute atomic E-state index is 0.223. The first kappa shape index (κ1) is 14.2. The largest absolute Gasteiger partial charge is 0.380 e. The van der Waals surface area contributed by atoms with Crippen molar-refractivity contribution in [3.05, 3.63) is 17.0 Å². The highest BCUT2D eigenvalue weighted by Gasteiger charge is 2.14. The predicted octanol–water partition coefficient (Wildman–Crippen LogP) is 2.91. The van der Waals surface area contributed by atoms with Gasteiger partial charge in [-0.15, -0.1) is 0 Å². The third-order valence-corrected chi connectivity index (χ3v) is 2.64. The molecule has 1 unspecified atom stereocenters. The van der Waals surface area contributed by atoms with Crippen molar-refractivity contribution in [3.8, 4) is 0 Å². The van der Waals surface area contributed by atoms with E-state index in [0.717, 1.165) is 5.82 Å². The van der Waals surface area contributed by atoms with Gasteiger partial charge in [0.05, 0.1) is 12.6 Å². The Morgan fingerprint density at radius 1 is 1.41 bits per heavy atom. The molecule has 0 amide bonds. The normalized spacial score (nSPS) is 12.8. The molecule has 0 aromatic carbocycles. The van der Waals surface area contributed by atoms with Gasteiger partial charge >= 0.3 is 0 Å². The number of aromatic nitrogens is 2. The van der Waals surface area contributed by atoms with Gasteiger partial charge in [0.2, 0.25) is 0 Å². The summed E-state index contributed by atoms with van der Waals surface area (Å²) < 4.78 is 5.45. The lowest BCUT2D eigenvalue weighted by molar-refractivity contribution is 0.126. The van der Waals surface area contributed by atoms with Crippen LogP contribution in [0.3, 0.4) is 0 Å². The Kier molecular flexibility index (Phi) is 5.65. The summed E-state index contributed by atoms with van der Waals surface area (Å²) in [5.41, 5.74) is 0. The Morgan fingerprint density at radius 2 is 2.12 bits per heavy atom. The molecular weight excluding hydrogens is 238 g/mol. The van der Waals surface area contributed by atoms with E-state index < -0.39 is 0 Å². The molecule has 17 heavy (non-hydrogen) atoms. The first-order chi connectivity index (χ1) is 8.02. The van der Waals surface area contributed by atoms with Crippen LogP contribution in [-0.2, 0) is 4.74 Å². The Balaban J connectivity index is 2.71. The van der Waals surface area contributed by atoms with Crippen LogP contribution in [0.25, 0.3) is 0 Å². The monoisotopic (exact) mass is 257 g/mol. The molecular formula is C12H20ClN3O. The van der Waals surface area contributed by atoms with E-state index in [4.69, 9.17) is 16.3 Å². The summed E-state index contributed by atoms with van der Waals surface area (Å²) in [5.74, 6) is 1.87. The Bertz CT molecular complexity index is 337. The molecule has 5 heteroatoms. The van der Waals surface area contributed by atoms with E-state index >= 15 is 0 Å². The van der Waals surface area contributed by atoms with Crippen molar-refractivity contribution in [2.24, 2.45) is 5.92 Å². The fourth-order valence-electron chi connectivity index (χ4n) is 1.44. The molecule has 0 aliphatic carbocycles. The molecule has 1 N–H and O–H groups in total. The third kappa shape index (κ3) is 4.88. The van der Waals surface area contributed by atoms with E-state index in [9.17, 15) is 0 Å². The number of hydrogen-bond acceptors (Lipinski definition) is 4. The van der Waals surface area contributed by atoms with Gasteiger partial charge in [0.25, 0.3) is 0 Å². The second kappa shape index (κ2) is 6.77. The van der Waals surface area contributed by atoms with Gasteiger partial charge in [-0.1, -0.05) is 25.4 Å². The molecule has 0 saturated heterocycles. The highest BCUT2D eigenvalue weighted by molar-refractivity contribution is 6.29. The summed E-state index contributed by atoms with van der Waals surface area (Å²) in [6.07, 6.45) is 0. The molecule has 1 aromatic heterocycles. The van der Waals surface area contributed by atoms with Gasteiger partial charge in [-0.05, 0) is 19.8 Å². The van der Waals surface area contributed by atoms with Gasteiger partial charge in [-0.25, -0.2) is 9.97 Å². The molecule has 1 heterocycles. The van der Waals surface area contributed by atoms with Gasteiger partial charge in [-0.2, -0.15) is 0 Å². The minimum Gasteiger partial charge on any atom is -0.380 e. The summed E-state index contributed by atoms with van der Waals surface area (Å²) in [6, 6.07) is 1.95.